The van der Waals surface area contributed by atoms with Gasteiger partial charge in [-0.2, -0.15) is 0 Å². The van der Waals surface area contributed by atoms with Crippen molar-refractivity contribution in [2.75, 3.05) is 13.7 Å². The van der Waals surface area contributed by atoms with E-state index in [2.05, 4.69) is 4.98 Å². The number of carbonyl (C=O) groups excluding carboxylic acids is 1. The lowest BCUT2D eigenvalue weighted by Crippen LogP contribution is -2.38. The molecule has 1 amide bonds. The second kappa shape index (κ2) is 5.44. The summed E-state index contributed by atoms with van der Waals surface area (Å²) in [6.07, 6.45) is 0.674. The first-order valence-electron chi connectivity index (χ1n) is 6.82. The summed E-state index contributed by atoms with van der Waals surface area (Å²) in [5.74, 6) is 0.759. The number of pyridine rings is 1. The van der Waals surface area contributed by atoms with Gasteiger partial charge in [-0.15, -0.1) is 0 Å². The van der Waals surface area contributed by atoms with Crippen LogP contribution in [0.4, 0.5) is 0 Å². The van der Waals surface area contributed by atoms with E-state index < -0.39 is 0 Å². The Labute approximate surface area is 122 Å². The van der Waals surface area contributed by atoms with Crippen LogP contribution in [0.25, 0.3) is 0 Å². The van der Waals surface area contributed by atoms with Crippen LogP contribution >= 0.6 is 0 Å². The van der Waals surface area contributed by atoms with Crippen molar-refractivity contribution in [2.24, 2.45) is 0 Å². The van der Waals surface area contributed by atoms with Gasteiger partial charge in [0.15, 0.2) is 0 Å². The molecule has 108 valence electrons. The van der Waals surface area contributed by atoms with Gasteiger partial charge in [-0.25, -0.2) is 0 Å². The lowest BCUT2D eigenvalue weighted by atomic mass is 10.0. The number of methoxy groups -OCH3 is 1. The number of H-pyrrole nitrogens is 1. The van der Waals surface area contributed by atoms with Crippen LogP contribution in [-0.2, 0) is 13.0 Å². The zero-order valence-electron chi connectivity index (χ0n) is 11.8. The van der Waals surface area contributed by atoms with E-state index in [-0.39, 0.29) is 11.5 Å². The zero-order chi connectivity index (χ0) is 14.8. The number of hydrogen-bond acceptors (Lipinski definition) is 3. The summed E-state index contributed by atoms with van der Waals surface area (Å²) < 4.78 is 5.12. The Morgan fingerprint density at radius 1 is 1.14 bits per heavy atom. The summed E-state index contributed by atoms with van der Waals surface area (Å²) in [7, 11) is 1.63. The molecule has 0 radical (unpaired) electrons. The van der Waals surface area contributed by atoms with Gasteiger partial charge in [-0.3, -0.25) is 9.59 Å². The standard InChI is InChI=1S/C16H16N2O3/c1-21-12-4-2-11(3-5-12)10-18-9-8-14-13(16(18)20)6-7-15(19)17-14/h2-7H,8-10H2,1H3,(H,17,19). The van der Waals surface area contributed by atoms with Crippen molar-refractivity contribution in [3.8, 4) is 5.75 Å². The average molecular weight is 284 g/mol. The SMILES string of the molecule is COc1ccc(CN2CCc3[nH]c(=O)ccc3C2=O)cc1. The molecule has 1 N–H and O–H groups in total. The van der Waals surface area contributed by atoms with E-state index >= 15 is 0 Å². The van der Waals surface area contributed by atoms with Crippen molar-refractivity contribution in [1.82, 2.24) is 9.88 Å². The summed E-state index contributed by atoms with van der Waals surface area (Å²) in [6, 6.07) is 10.7. The van der Waals surface area contributed by atoms with Gasteiger partial charge < -0.3 is 14.6 Å². The number of carbonyl (C=O) groups is 1. The molecular formula is C16H16N2O3. The molecule has 1 aliphatic heterocycles. The van der Waals surface area contributed by atoms with E-state index in [0.717, 1.165) is 17.0 Å². The molecule has 0 fully saturated rings. The molecule has 3 rings (SSSR count). The van der Waals surface area contributed by atoms with E-state index in [9.17, 15) is 9.59 Å². The zero-order valence-corrected chi connectivity index (χ0v) is 11.8. The van der Waals surface area contributed by atoms with Crippen LogP contribution in [0.3, 0.4) is 0 Å². The lowest BCUT2D eigenvalue weighted by Gasteiger charge is -2.28. The monoisotopic (exact) mass is 284 g/mol. The normalized spacial score (nSPS) is 14.0. The second-order valence-electron chi connectivity index (χ2n) is 5.04. The number of ether oxygens (including phenoxy) is 1. The minimum atomic E-state index is -0.162. The maximum absolute atomic E-state index is 12.4. The summed E-state index contributed by atoms with van der Waals surface area (Å²) in [5.41, 5.74) is 2.22. The van der Waals surface area contributed by atoms with Gasteiger partial charge in [0.2, 0.25) is 5.56 Å². The molecule has 0 aliphatic carbocycles. The summed E-state index contributed by atoms with van der Waals surface area (Å²) in [5, 5.41) is 0. The fourth-order valence-electron chi connectivity index (χ4n) is 2.54. The molecule has 0 atom stereocenters. The van der Waals surface area contributed by atoms with Crippen LogP contribution in [0.15, 0.2) is 41.2 Å². The summed E-state index contributed by atoms with van der Waals surface area (Å²) in [4.78, 5) is 28.3. The maximum Gasteiger partial charge on any atom is 0.255 e. The molecule has 0 unspecified atom stereocenters. The Morgan fingerprint density at radius 3 is 2.62 bits per heavy atom. The highest BCUT2D eigenvalue weighted by molar-refractivity contribution is 5.96. The first kappa shape index (κ1) is 13.4. The topological polar surface area (TPSA) is 62.4 Å². The Kier molecular flexibility index (Phi) is 3.48. The van der Waals surface area contributed by atoms with Gasteiger partial charge >= 0.3 is 0 Å². The third-order valence-corrected chi connectivity index (χ3v) is 3.68. The minimum absolute atomic E-state index is 0.0386. The van der Waals surface area contributed by atoms with E-state index in [1.165, 1.54) is 6.07 Å². The predicted octanol–water partition coefficient (Wildman–Crippen LogP) is 1.58. The van der Waals surface area contributed by atoms with Gasteiger partial charge in [-0.1, -0.05) is 12.1 Å². The van der Waals surface area contributed by atoms with Crippen molar-refractivity contribution >= 4 is 5.91 Å². The molecule has 1 aliphatic rings. The minimum Gasteiger partial charge on any atom is -0.497 e. The quantitative estimate of drug-likeness (QED) is 0.931. The van der Waals surface area contributed by atoms with Gasteiger partial charge in [0.1, 0.15) is 5.75 Å². The third-order valence-electron chi connectivity index (χ3n) is 3.68. The number of nitrogens with one attached hydrogen (secondary N) is 1. The summed E-state index contributed by atoms with van der Waals surface area (Å²) >= 11 is 0. The number of rotatable bonds is 3. The van der Waals surface area contributed by atoms with Crippen LogP contribution in [0.2, 0.25) is 0 Å². The molecule has 0 saturated carbocycles. The average Bonchev–Trinajstić information content (AvgIpc) is 2.51. The number of nitrogens with zero attached hydrogens (tertiary/aromatic N) is 1. The van der Waals surface area contributed by atoms with Crippen molar-refractivity contribution in [3.63, 3.8) is 0 Å². The second-order valence-corrected chi connectivity index (χ2v) is 5.04. The Bertz CT molecular complexity index is 719. The van der Waals surface area contributed by atoms with Gasteiger partial charge in [-0.05, 0) is 23.8 Å². The number of aromatic amines is 1. The van der Waals surface area contributed by atoms with E-state index in [0.29, 0.717) is 25.1 Å². The molecule has 0 saturated heterocycles. The van der Waals surface area contributed by atoms with E-state index in [1.807, 2.05) is 24.3 Å². The van der Waals surface area contributed by atoms with Crippen LogP contribution in [0.1, 0.15) is 21.6 Å². The molecule has 2 heterocycles. The number of fused-ring (bicyclic) bond motifs is 1. The number of benzene rings is 1. The fraction of sp³-hybridized carbons (Fsp3) is 0.250. The Morgan fingerprint density at radius 2 is 1.90 bits per heavy atom. The van der Waals surface area contributed by atoms with Crippen LogP contribution in [0.5, 0.6) is 5.75 Å². The molecule has 2 aromatic rings. The van der Waals surface area contributed by atoms with E-state index in [4.69, 9.17) is 4.74 Å². The Balaban J connectivity index is 1.79. The molecule has 21 heavy (non-hydrogen) atoms. The lowest BCUT2D eigenvalue weighted by molar-refractivity contribution is 0.0725. The highest BCUT2D eigenvalue weighted by atomic mass is 16.5. The number of amides is 1. The molecular weight excluding hydrogens is 268 g/mol. The van der Waals surface area contributed by atoms with Crippen molar-refractivity contribution in [2.45, 2.75) is 13.0 Å². The number of aromatic nitrogens is 1. The molecule has 1 aromatic heterocycles. The smallest absolute Gasteiger partial charge is 0.255 e. The summed E-state index contributed by atoms with van der Waals surface area (Å²) in [6.45, 7) is 1.17. The van der Waals surface area contributed by atoms with Gasteiger partial charge in [0, 0.05) is 31.3 Å². The molecule has 5 nitrogen and oxygen atoms in total. The first-order valence-corrected chi connectivity index (χ1v) is 6.82. The van der Waals surface area contributed by atoms with Crippen LogP contribution in [-0.4, -0.2) is 29.4 Å². The van der Waals surface area contributed by atoms with Crippen molar-refractivity contribution in [1.29, 1.82) is 0 Å². The fourth-order valence-corrected chi connectivity index (χ4v) is 2.54. The van der Waals surface area contributed by atoms with Crippen molar-refractivity contribution in [3.05, 3.63) is 63.6 Å². The highest BCUT2D eigenvalue weighted by Crippen LogP contribution is 2.19. The molecule has 5 heteroatoms. The Hall–Kier alpha value is -2.56. The maximum atomic E-state index is 12.4. The first-order chi connectivity index (χ1) is 10.2. The molecule has 0 bridgehead atoms. The third kappa shape index (κ3) is 2.67. The van der Waals surface area contributed by atoms with Gasteiger partial charge in [0.05, 0.1) is 12.7 Å². The highest BCUT2D eigenvalue weighted by Gasteiger charge is 2.24. The largest absolute Gasteiger partial charge is 0.497 e. The van der Waals surface area contributed by atoms with Crippen LogP contribution in [0, 0.1) is 0 Å². The predicted molar refractivity (Wildman–Crippen MR) is 78.5 cm³/mol. The van der Waals surface area contributed by atoms with E-state index in [1.54, 1.807) is 18.1 Å². The van der Waals surface area contributed by atoms with Crippen molar-refractivity contribution < 1.29 is 9.53 Å². The van der Waals surface area contributed by atoms with Gasteiger partial charge in [0.25, 0.3) is 5.91 Å². The van der Waals surface area contributed by atoms with Crippen LogP contribution < -0.4 is 10.3 Å². The number of hydrogen-bond donors (Lipinski definition) is 1. The molecule has 0 spiro atoms. The molecule has 1 aromatic carbocycles.